The first-order valence-corrected chi connectivity index (χ1v) is 9.89. The van der Waals surface area contributed by atoms with Crippen molar-refractivity contribution in [2.45, 2.75) is 0 Å². The Labute approximate surface area is 176 Å². The van der Waals surface area contributed by atoms with Gasteiger partial charge in [0.1, 0.15) is 5.75 Å². The first kappa shape index (κ1) is 20.3. The maximum atomic E-state index is 12.7. The van der Waals surface area contributed by atoms with Crippen LogP contribution < -0.4 is 14.2 Å². The summed E-state index contributed by atoms with van der Waals surface area (Å²) in [5, 5.41) is 0.609. The monoisotopic (exact) mass is 462 g/mol. The summed E-state index contributed by atoms with van der Waals surface area (Å²) < 4.78 is 16.6. The topological polar surface area (TPSA) is 60.4 Å². The Balaban J connectivity index is 1.91. The van der Waals surface area contributed by atoms with Gasteiger partial charge in [0.15, 0.2) is 16.7 Å². The number of amidine groups is 1. The molecule has 2 aromatic rings. The molecular weight excluding hydrogens is 444 g/mol. The second-order valence-electron chi connectivity index (χ2n) is 5.80. The number of carbonyl (C=O) groups excluding carboxylic acids is 1. The van der Waals surface area contributed by atoms with Crippen LogP contribution in [-0.4, -0.2) is 44.4 Å². The number of rotatable bonds is 5. The van der Waals surface area contributed by atoms with Crippen LogP contribution in [0.25, 0.3) is 6.08 Å². The van der Waals surface area contributed by atoms with E-state index in [9.17, 15) is 4.79 Å². The van der Waals surface area contributed by atoms with Crippen LogP contribution >= 0.6 is 27.7 Å². The molecule has 6 nitrogen and oxygen atoms in total. The first-order chi connectivity index (χ1) is 13.5. The Morgan fingerprint density at radius 1 is 1.04 bits per heavy atom. The zero-order valence-corrected chi connectivity index (χ0v) is 18.3. The number of hydrogen-bond donors (Lipinski definition) is 0. The second kappa shape index (κ2) is 8.70. The summed E-state index contributed by atoms with van der Waals surface area (Å²) in [6.45, 7) is 0. The van der Waals surface area contributed by atoms with Crippen molar-refractivity contribution in [3.8, 4) is 17.2 Å². The number of halogens is 1. The molecule has 0 aliphatic carbocycles. The molecule has 0 radical (unpaired) electrons. The number of benzene rings is 2. The third-order valence-electron chi connectivity index (χ3n) is 4.09. The second-order valence-corrected chi connectivity index (χ2v) is 7.66. The number of hydrogen-bond acceptors (Lipinski definition) is 6. The molecule has 3 rings (SSSR count). The Hall–Kier alpha value is -2.45. The molecule has 1 heterocycles. The number of carbonyl (C=O) groups is 1. The van der Waals surface area contributed by atoms with Crippen molar-refractivity contribution in [3.63, 3.8) is 0 Å². The summed E-state index contributed by atoms with van der Waals surface area (Å²) in [4.78, 5) is 19.3. The molecule has 0 atom stereocenters. The zero-order chi connectivity index (χ0) is 20.3. The van der Waals surface area contributed by atoms with Crippen LogP contribution in [0.3, 0.4) is 0 Å². The van der Waals surface area contributed by atoms with Crippen molar-refractivity contribution >= 4 is 50.5 Å². The highest BCUT2D eigenvalue weighted by Crippen LogP contribution is 2.38. The number of likely N-dealkylation sites (N-methyl/N-ethyl adjacent to an activating group) is 1. The standard InChI is InChI=1S/C20H19BrN2O4S/c1-23-19(24)18(10-12-9-16(26-3)17(27-4)11-15(12)21)28-20(23)22-13-5-7-14(25-2)8-6-13/h5-11H,1-4H3. The fraction of sp³-hybridized carbons (Fsp3) is 0.200. The lowest BCUT2D eigenvalue weighted by Gasteiger charge is -2.10. The molecule has 28 heavy (non-hydrogen) atoms. The van der Waals surface area contributed by atoms with Crippen LogP contribution in [0.5, 0.6) is 17.2 Å². The van der Waals surface area contributed by atoms with Gasteiger partial charge in [-0.15, -0.1) is 0 Å². The molecule has 146 valence electrons. The summed E-state index contributed by atoms with van der Waals surface area (Å²) in [6, 6.07) is 11.0. The van der Waals surface area contributed by atoms with Crippen LogP contribution in [0.1, 0.15) is 5.56 Å². The van der Waals surface area contributed by atoms with Gasteiger partial charge in [0.05, 0.1) is 31.9 Å². The fourth-order valence-electron chi connectivity index (χ4n) is 2.54. The number of amides is 1. The highest BCUT2D eigenvalue weighted by molar-refractivity contribution is 9.10. The Kier molecular flexibility index (Phi) is 6.31. The third-order valence-corrected chi connectivity index (χ3v) is 5.84. The van der Waals surface area contributed by atoms with E-state index in [1.165, 1.54) is 16.7 Å². The van der Waals surface area contributed by atoms with Crippen molar-refractivity contribution in [1.29, 1.82) is 0 Å². The van der Waals surface area contributed by atoms with Crippen molar-refractivity contribution < 1.29 is 19.0 Å². The lowest BCUT2D eigenvalue weighted by Crippen LogP contribution is -2.23. The van der Waals surface area contributed by atoms with Crippen LogP contribution in [0, 0.1) is 0 Å². The molecule has 0 bridgehead atoms. The van der Waals surface area contributed by atoms with E-state index in [1.54, 1.807) is 28.4 Å². The normalized spacial score (nSPS) is 16.8. The minimum Gasteiger partial charge on any atom is -0.497 e. The quantitative estimate of drug-likeness (QED) is 0.602. The highest BCUT2D eigenvalue weighted by atomic mass is 79.9. The van der Waals surface area contributed by atoms with Crippen molar-refractivity contribution in [2.75, 3.05) is 28.4 Å². The van der Waals surface area contributed by atoms with Gasteiger partial charge >= 0.3 is 0 Å². The molecule has 0 N–H and O–H groups in total. The smallest absolute Gasteiger partial charge is 0.266 e. The summed E-state index contributed by atoms with van der Waals surface area (Å²) in [5.74, 6) is 1.85. The molecular formula is C20H19BrN2O4S. The van der Waals surface area contributed by atoms with Gasteiger partial charge in [-0.2, -0.15) is 0 Å². The van der Waals surface area contributed by atoms with Crippen molar-refractivity contribution in [3.05, 3.63) is 51.3 Å². The van der Waals surface area contributed by atoms with Gasteiger partial charge < -0.3 is 14.2 Å². The SMILES string of the molecule is COc1ccc(N=C2SC(=Cc3cc(OC)c(OC)cc3Br)C(=O)N2C)cc1. The van der Waals surface area contributed by atoms with E-state index in [2.05, 4.69) is 20.9 Å². The minimum absolute atomic E-state index is 0.112. The predicted molar refractivity (Wildman–Crippen MR) is 116 cm³/mol. The summed E-state index contributed by atoms with van der Waals surface area (Å²) in [6.07, 6.45) is 1.81. The Morgan fingerprint density at radius 2 is 1.68 bits per heavy atom. The van der Waals surface area contributed by atoms with Crippen LogP contribution in [0.2, 0.25) is 0 Å². The van der Waals surface area contributed by atoms with Gasteiger partial charge in [0.2, 0.25) is 0 Å². The molecule has 8 heteroatoms. The van der Waals surface area contributed by atoms with Crippen LogP contribution in [0.15, 0.2) is 50.8 Å². The lowest BCUT2D eigenvalue weighted by molar-refractivity contribution is -0.121. The number of methoxy groups -OCH3 is 3. The van der Waals surface area contributed by atoms with Crippen LogP contribution in [0.4, 0.5) is 5.69 Å². The zero-order valence-electron chi connectivity index (χ0n) is 15.9. The number of ether oxygens (including phenoxy) is 3. The Bertz CT molecular complexity index is 957. The number of nitrogens with zero attached hydrogens (tertiary/aromatic N) is 2. The molecule has 1 fully saturated rings. The largest absolute Gasteiger partial charge is 0.497 e. The number of thioether (sulfide) groups is 1. The van der Waals surface area contributed by atoms with Gasteiger partial charge in [-0.25, -0.2) is 4.99 Å². The average molecular weight is 463 g/mol. The predicted octanol–water partition coefficient (Wildman–Crippen LogP) is 4.71. The van der Waals surface area contributed by atoms with E-state index in [1.807, 2.05) is 42.5 Å². The van der Waals surface area contributed by atoms with Crippen molar-refractivity contribution in [2.24, 2.45) is 4.99 Å². The van der Waals surface area contributed by atoms with Crippen LogP contribution in [-0.2, 0) is 4.79 Å². The third kappa shape index (κ3) is 4.18. The molecule has 1 amide bonds. The van der Waals surface area contributed by atoms with E-state index in [4.69, 9.17) is 14.2 Å². The lowest BCUT2D eigenvalue weighted by atomic mass is 10.2. The van der Waals surface area contributed by atoms with E-state index < -0.39 is 0 Å². The molecule has 1 aliphatic heterocycles. The van der Waals surface area contributed by atoms with E-state index in [0.717, 1.165) is 21.5 Å². The average Bonchev–Trinajstić information content (AvgIpc) is 2.97. The van der Waals surface area contributed by atoms with Gasteiger partial charge in [0.25, 0.3) is 5.91 Å². The maximum Gasteiger partial charge on any atom is 0.266 e. The molecule has 0 aromatic heterocycles. The highest BCUT2D eigenvalue weighted by Gasteiger charge is 2.30. The van der Waals surface area contributed by atoms with Gasteiger partial charge in [-0.1, -0.05) is 15.9 Å². The summed E-state index contributed by atoms with van der Waals surface area (Å²) >= 11 is 4.84. The number of aliphatic imine (C=N–C) groups is 1. The fourth-order valence-corrected chi connectivity index (χ4v) is 3.96. The summed E-state index contributed by atoms with van der Waals surface area (Å²) in [7, 11) is 6.48. The Morgan fingerprint density at radius 3 is 2.29 bits per heavy atom. The van der Waals surface area contributed by atoms with E-state index in [-0.39, 0.29) is 5.91 Å². The molecule has 0 spiro atoms. The van der Waals surface area contributed by atoms with Gasteiger partial charge in [-0.3, -0.25) is 9.69 Å². The molecule has 1 aliphatic rings. The molecule has 1 saturated heterocycles. The van der Waals surface area contributed by atoms with Crippen molar-refractivity contribution in [1.82, 2.24) is 4.90 Å². The first-order valence-electron chi connectivity index (χ1n) is 8.28. The van der Waals surface area contributed by atoms with Gasteiger partial charge in [0, 0.05) is 11.5 Å². The van der Waals surface area contributed by atoms with E-state index in [0.29, 0.717) is 21.6 Å². The molecule has 2 aromatic carbocycles. The molecule has 0 unspecified atom stereocenters. The molecule has 0 saturated carbocycles. The minimum atomic E-state index is -0.112. The van der Waals surface area contributed by atoms with Gasteiger partial charge in [-0.05, 0) is 59.8 Å². The van der Waals surface area contributed by atoms with E-state index >= 15 is 0 Å². The maximum absolute atomic E-state index is 12.7. The summed E-state index contributed by atoms with van der Waals surface area (Å²) in [5.41, 5.74) is 1.56.